The number of fused-ring (bicyclic) bond motifs is 2. The Bertz CT molecular complexity index is 1150. The number of methoxy groups -OCH3 is 1. The topological polar surface area (TPSA) is 146 Å². The van der Waals surface area contributed by atoms with Crippen LogP contribution in [-0.4, -0.2) is 138 Å². The molecule has 298 valence electrons. The number of cyclic esters (lactones) is 1. The van der Waals surface area contributed by atoms with Crippen molar-refractivity contribution in [3.63, 3.8) is 0 Å². The fourth-order valence-electron chi connectivity index (χ4n) is 9.48. The smallest absolute Gasteiger partial charge is 0.311 e. The van der Waals surface area contributed by atoms with Crippen LogP contribution in [0.5, 0.6) is 0 Å². The van der Waals surface area contributed by atoms with Gasteiger partial charge in [0.1, 0.15) is 24.5 Å². The first-order valence-corrected chi connectivity index (χ1v) is 19.1. The highest BCUT2D eigenvalue weighted by atomic mass is 19.1. The molecular formula is C38H68FNO11. The largest absolute Gasteiger partial charge is 0.459 e. The fourth-order valence-corrected chi connectivity index (χ4v) is 9.48. The number of rotatable bonds is 9. The molecular weight excluding hydrogens is 665 g/mol. The monoisotopic (exact) mass is 733 g/mol. The molecule has 4 aliphatic rings. The molecule has 51 heavy (non-hydrogen) atoms. The van der Waals surface area contributed by atoms with E-state index in [1.807, 2.05) is 48.5 Å². The average Bonchev–Trinajstić information content (AvgIpc) is 3.38. The summed E-state index contributed by atoms with van der Waals surface area (Å²) in [6.45, 7) is 18.3. The third kappa shape index (κ3) is 9.11. The number of alkyl halides is 1. The minimum absolute atomic E-state index is 0.0689. The Labute approximate surface area is 304 Å². The highest BCUT2D eigenvalue weighted by molar-refractivity contribution is 5.73. The van der Waals surface area contributed by atoms with E-state index in [1.165, 1.54) is 6.92 Å². The molecule has 12 nitrogen and oxygen atoms in total. The molecule has 4 fully saturated rings. The molecule has 3 N–H and O–H groups in total. The van der Waals surface area contributed by atoms with E-state index in [-0.39, 0.29) is 31.1 Å². The third-order valence-corrected chi connectivity index (χ3v) is 12.5. The first kappa shape index (κ1) is 42.7. The Morgan fingerprint density at radius 2 is 1.63 bits per heavy atom. The van der Waals surface area contributed by atoms with Gasteiger partial charge in [-0.05, 0) is 73.8 Å². The number of hydrogen-bond donors (Lipinski definition) is 3. The van der Waals surface area contributed by atoms with Crippen LogP contribution in [0.2, 0.25) is 0 Å². The van der Waals surface area contributed by atoms with Gasteiger partial charge >= 0.3 is 5.97 Å². The zero-order valence-electron chi connectivity index (χ0n) is 33.0. The Balaban J connectivity index is 1.82. The van der Waals surface area contributed by atoms with Crippen molar-refractivity contribution >= 4 is 5.97 Å². The molecule has 2 bridgehead atoms. The Kier molecular flexibility index (Phi) is 14.1. The summed E-state index contributed by atoms with van der Waals surface area (Å²) in [5.41, 5.74) is -3.32. The van der Waals surface area contributed by atoms with Gasteiger partial charge in [0, 0.05) is 44.4 Å². The van der Waals surface area contributed by atoms with E-state index < -0.39 is 102 Å². The second-order valence-electron chi connectivity index (χ2n) is 17.0. The Morgan fingerprint density at radius 3 is 2.24 bits per heavy atom. The summed E-state index contributed by atoms with van der Waals surface area (Å²) in [6.07, 6.45) is -5.54. The second kappa shape index (κ2) is 16.8. The van der Waals surface area contributed by atoms with Crippen molar-refractivity contribution in [1.82, 2.24) is 4.90 Å². The molecule has 0 aromatic heterocycles. The van der Waals surface area contributed by atoms with Crippen LogP contribution in [0.3, 0.4) is 0 Å². The van der Waals surface area contributed by atoms with E-state index in [9.17, 15) is 24.5 Å². The molecule has 0 amide bonds. The van der Waals surface area contributed by atoms with Gasteiger partial charge in [0.15, 0.2) is 12.6 Å². The highest BCUT2D eigenvalue weighted by Crippen LogP contribution is 2.48. The maximum Gasteiger partial charge on any atom is 0.311 e. The minimum Gasteiger partial charge on any atom is -0.459 e. The van der Waals surface area contributed by atoms with Crippen LogP contribution in [0.1, 0.15) is 101 Å². The lowest BCUT2D eigenvalue weighted by Gasteiger charge is -2.48. The highest BCUT2D eigenvalue weighted by Gasteiger charge is 2.57. The van der Waals surface area contributed by atoms with Crippen molar-refractivity contribution in [2.24, 2.45) is 23.7 Å². The van der Waals surface area contributed by atoms with E-state index in [0.29, 0.717) is 25.7 Å². The number of carbonyl (C=O) groups is 1. The number of halogens is 1. The van der Waals surface area contributed by atoms with Crippen molar-refractivity contribution in [3.05, 3.63) is 0 Å². The van der Waals surface area contributed by atoms with Gasteiger partial charge in [-0.25, -0.2) is 4.39 Å². The lowest BCUT2D eigenvalue weighted by Crippen LogP contribution is -2.60. The average molecular weight is 734 g/mol. The van der Waals surface area contributed by atoms with Gasteiger partial charge in [0.2, 0.25) is 0 Å². The van der Waals surface area contributed by atoms with Crippen LogP contribution in [0, 0.1) is 23.7 Å². The SMILES string of the molecule is CC[C@H]1OC(=O)[C@H](C)[C@@H](O[C@H]2C[C@@](C)(OC)C[C@H](C)O2)[C@H](C)[C@@H](O[C@@H]2O[C@H](C)C[C@H](N(C)CCF)[C@H]2O)[C@@]2(C)C[C@H](C)[C@@H](O2)[C@H](C)[C@@H](O)[C@]1(C)O. The third-order valence-electron chi connectivity index (χ3n) is 12.5. The van der Waals surface area contributed by atoms with Gasteiger partial charge in [-0.15, -0.1) is 0 Å². The predicted octanol–water partition coefficient (Wildman–Crippen LogP) is 3.99. The van der Waals surface area contributed by atoms with E-state index in [1.54, 1.807) is 32.9 Å². The first-order chi connectivity index (χ1) is 23.7. The molecule has 0 spiro atoms. The standard InChI is InChI=1S/C38H68FNO11/c1-13-27-38(10,44)32(42)23(5)30-20(2)17-37(9,51-30)33(50-35-29(41)26(16-21(3)47-35)40(11)15-14-39)24(6)31(25(7)34(43)48-27)49-28-19-36(8,45-12)18-22(4)46-28/h20-33,35,41-42,44H,13-19H2,1-12H3/t20-,21+,22-,23-,24-,25+,26-,27+,28-,29+,30+,31-,32+,33+,35-,36-,37+,38+/m0/s1. The predicted molar refractivity (Wildman–Crippen MR) is 187 cm³/mol. The van der Waals surface area contributed by atoms with Gasteiger partial charge in [0.05, 0.1) is 53.7 Å². The molecule has 4 rings (SSSR count). The quantitative estimate of drug-likeness (QED) is 0.295. The van der Waals surface area contributed by atoms with Crippen LogP contribution in [-0.2, 0) is 38.0 Å². The number of carbonyl (C=O) groups excluding carboxylic acids is 1. The van der Waals surface area contributed by atoms with Crippen molar-refractivity contribution < 1.29 is 57.7 Å². The number of aliphatic hydroxyl groups excluding tert-OH is 2. The van der Waals surface area contributed by atoms with Crippen molar-refractivity contribution in [2.75, 3.05) is 27.4 Å². The van der Waals surface area contributed by atoms with Crippen LogP contribution < -0.4 is 0 Å². The number of hydrogen-bond acceptors (Lipinski definition) is 12. The van der Waals surface area contributed by atoms with Crippen LogP contribution in [0.15, 0.2) is 0 Å². The number of ether oxygens (including phenoxy) is 7. The Hall–Kier alpha value is -1.00. The van der Waals surface area contributed by atoms with E-state index in [0.717, 1.165) is 0 Å². The van der Waals surface area contributed by atoms with Gasteiger partial charge in [-0.3, -0.25) is 9.69 Å². The summed E-state index contributed by atoms with van der Waals surface area (Å²) in [5.74, 6) is -2.69. The molecule has 4 aliphatic heterocycles. The second-order valence-corrected chi connectivity index (χ2v) is 17.0. The van der Waals surface area contributed by atoms with Gasteiger partial charge in [-0.2, -0.15) is 0 Å². The van der Waals surface area contributed by atoms with E-state index in [4.69, 9.17) is 33.2 Å². The van der Waals surface area contributed by atoms with Crippen LogP contribution >= 0.6 is 0 Å². The van der Waals surface area contributed by atoms with Crippen molar-refractivity contribution in [3.8, 4) is 0 Å². The number of esters is 1. The normalized spacial score (nSPS) is 50.3. The first-order valence-electron chi connectivity index (χ1n) is 19.1. The summed E-state index contributed by atoms with van der Waals surface area (Å²) in [4.78, 5) is 15.9. The molecule has 0 unspecified atom stereocenters. The Morgan fingerprint density at radius 1 is 0.961 bits per heavy atom. The lowest BCUT2D eigenvalue weighted by molar-refractivity contribution is -0.312. The zero-order valence-corrected chi connectivity index (χ0v) is 33.0. The summed E-state index contributed by atoms with van der Waals surface area (Å²) < 4.78 is 58.6. The molecule has 0 aromatic carbocycles. The number of nitrogens with zero attached hydrogens (tertiary/aromatic N) is 1. The zero-order chi connectivity index (χ0) is 38.2. The van der Waals surface area contributed by atoms with Crippen LogP contribution in [0.4, 0.5) is 4.39 Å². The maximum atomic E-state index is 14.1. The summed E-state index contributed by atoms with van der Waals surface area (Å²) in [6, 6.07) is -0.420. The minimum atomic E-state index is -1.78. The number of aliphatic hydroxyl groups is 3. The molecule has 4 saturated heterocycles. The van der Waals surface area contributed by atoms with Crippen molar-refractivity contribution in [1.29, 1.82) is 0 Å². The summed E-state index contributed by atoms with van der Waals surface area (Å²) in [7, 11) is 3.44. The summed E-state index contributed by atoms with van der Waals surface area (Å²) >= 11 is 0. The van der Waals surface area contributed by atoms with Gasteiger partial charge < -0.3 is 48.5 Å². The molecule has 0 aliphatic carbocycles. The molecule has 18 atom stereocenters. The summed E-state index contributed by atoms with van der Waals surface area (Å²) in [5, 5.41) is 35.1. The molecule has 0 aromatic rings. The lowest BCUT2D eigenvalue weighted by atomic mass is 9.76. The van der Waals surface area contributed by atoms with E-state index >= 15 is 0 Å². The molecule has 0 radical (unpaired) electrons. The number of likely N-dealkylation sites (N-methyl/N-ethyl adjacent to an activating group) is 1. The van der Waals surface area contributed by atoms with Gasteiger partial charge in [-0.1, -0.05) is 27.7 Å². The molecule has 4 heterocycles. The molecule has 0 saturated carbocycles. The fraction of sp³-hybridized carbons (Fsp3) is 0.974. The van der Waals surface area contributed by atoms with E-state index in [2.05, 4.69) is 0 Å². The van der Waals surface area contributed by atoms with Crippen LogP contribution in [0.25, 0.3) is 0 Å². The van der Waals surface area contributed by atoms with Crippen molar-refractivity contribution in [2.45, 2.75) is 186 Å². The maximum absolute atomic E-state index is 14.1. The molecule has 13 heteroatoms. The van der Waals surface area contributed by atoms with Gasteiger partial charge in [0.25, 0.3) is 0 Å².